The first kappa shape index (κ1) is 18.3. The van der Waals surface area contributed by atoms with Gasteiger partial charge in [-0.15, -0.1) is 22.7 Å². The third-order valence-corrected chi connectivity index (χ3v) is 5.87. The van der Waals surface area contributed by atoms with Crippen molar-refractivity contribution < 1.29 is 9.59 Å². The molecule has 134 valence electrons. The first-order valence-corrected chi connectivity index (χ1v) is 9.80. The van der Waals surface area contributed by atoms with E-state index < -0.39 is 0 Å². The van der Waals surface area contributed by atoms with Crippen molar-refractivity contribution in [3.05, 3.63) is 57.3 Å². The van der Waals surface area contributed by atoms with E-state index in [9.17, 15) is 9.59 Å². The van der Waals surface area contributed by atoms with Crippen molar-refractivity contribution >= 4 is 39.6 Å². The maximum atomic E-state index is 12.5. The minimum atomic E-state index is -0.148. The Morgan fingerprint density at radius 1 is 1.15 bits per heavy atom. The van der Waals surface area contributed by atoms with Gasteiger partial charge in [-0.05, 0) is 43.2 Å². The zero-order valence-electron chi connectivity index (χ0n) is 14.8. The number of benzene rings is 1. The van der Waals surface area contributed by atoms with Crippen LogP contribution in [0.5, 0.6) is 0 Å². The molecular formula is C19H19N3O2S2. The Kier molecular flexibility index (Phi) is 5.49. The fourth-order valence-corrected chi connectivity index (χ4v) is 4.12. The van der Waals surface area contributed by atoms with Crippen LogP contribution < -0.4 is 10.6 Å². The summed E-state index contributed by atoms with van der Waals surface area (Å²) in [5.74, 6) is -0.199. The van der Waals surface area contributed by atoms with Crippen molar-refractivity contribution in [2.75, 3.05) is 5.32 Å². The maximum absolute atomic E-state index is 12.5. The van der Waals surface area contributed by atoms with E-state index in [0.717, 1.165) is 26.6 Å². The van der Waals surface area contributed by atoms with Crippen molar-refractivity contribution in [1.29, 1.82) is 0 Å². The molecule has 2 amide bonds. The number of rotatable bonds is 5. The smallest absolute Gasteiger partial charge is 0.257 e. The SMILES string of the molecule is CC(=O)NCc1ccc(-c2csc(NC(=O)c3cccc(C)c3C)n2)s1. The summed E-state index contributed by atoms with van der Waals surface area (Å²) in [6.07, 6.45) is 0. The van der Waals surface area contributed by atoms with Crippen LogP contribution in [0.1, 0.15) is 33.3 Å². The number of thiazole rings is 1. The number of nitrogens with one attached hydrogen (secondary N) is 2. The summed E-state index contributed by atoms with van der Waals surface area (Å²) >= 11 is 2.98. The van der Waals surface area contributed by atoms with Gasteiger partial charge in [0.05, 0.1) is 17.1 Å². The van der Waals surface area contributed by atoms with Gasteiger partial charge in [0, 0.05) is 22.7 Å². The second kappa shape index (κ2) is 7.80. The van der Waals surface area contributed by atoms with Gasteiger partial charge in [-0.2, -0.15) is 0 Å². The number of nitrogens with zero attached hydrogens (tertiary/aromatic N) is 1. The highest BCUT2D eigenvalue weighted by atomic mass is 32.1. The largest absolute Gasteiger partial charge is 0.351 e. The summed E-state index contributed by atoms with van der Waals surface area (Å²) in [6.45, 7) is 5.95. The zero-order valence-corrected chi connectivity index (χ0v) is 16.4. The van der Waals surface area contributed by atoms with E-state index in [1.165, 1.54) is 18.3 Å². The molecule has 0 unspecified atom stereocenters. The molecule has 0 aliphatic heterocycles. The Morgan fingerprint density at radius 2 is 1.96 bits per heavy atom. The molecule has 2 N–H and O–H groups in total. The van der Waals surface area contributed by atoms with Gasteiger partial charge in [-0.25, -0.2) is 4.98 Å². The van der Waals surface area contributed by atoms with E-state index in [4.69, 9.17) is 0 Å². The molecule has 0 spiro atoms. The summed E-state index contributed by atoms with van der Waals surface area (Å²) in [6, 6.07) is 9.65. The highest BCUT2D eigenvalue weighted by Gasteiger charge is 2.13. The maximum Gasteiger partial charge on any atom is 0.257 e. The standard InChI is InChI=1S/C19H19N3O2S2/c1-11-5-4-6-15(12(11)2)18(24)22-19-21-16(10-25-19)17-8-7-14(26-17)9-20-13(3)23/h4-8,10H,9H2,1-3H3,(H,20,23)(H,21,22,24). The van der Waals surface area contributed by atoms with Crippen LogP contribution in [0.25, 0.3) is 10.6 Å². The highest BCUT2D eigenvalue weighted by molar-refractivity contribution is 7.17. The predicted molar refractivity (Wildman–Crippen MR) is 107 cm³/mol. The molecular weight excluding hydrogens is 366 g/mol. The molecule has 26 heavy (non-hydrogen) atoms. The number of carbonyl (C=O) groups is 2. The van der Waals surface area contributed by atoms with Crippen molar-refractivity contribution in [2.45, 2.75) is 27.3 Å². The average molecular weight is 386 g/mol. The van der Waals surface area contributed by atoms with Gasteiger partial charge in [-0.3, -0.25) is 14.9 Å². The molecule has 0 bridgehead atoms. The number of aryl methyl sites for hydroxylation is 1. The van der Waals surface area contributed by atoms with E-state index in [1.54, 1.807) is 11.3 Å². The molecule has 0 fully saturated rings. The van der Waals surface area contributed by atoms with E-state index in [1.807, 2.05) is 49.6 Å². The number of hydrogen-bond acceptors (Lipinski definition) is 5. The lowest BCUT2D eigenvalue weighted by Gasteiger charge is -2.07. The quantitative estimate of drug-likeness (QED) is 0.685. The molecule has 0 aliphatic rings. The number of anilines is 1. The molecule has 5 nitrogen and oxygen atoms in total. The van der Waals surface area contributed by atoms with Gasteiger partial charge in [0.2, 0.25) is 5.91 Å². The monoisotopic (exact) mass is 385 g/mol. The number of hydrogen-bond donors (Lipinski definition) is 2. The molecule has 3 rings (SSSR count). The van der Waals surface area contributed by atoms with Crippen LogP contribution in [-0.4, -0.2) is 16.8 Å². The summed E-state index contributed by atoms with van der Waals surface area (Å²) in [4.78, 5) is 30.1. The van der Waals surface area contributed by atoms with Gasteiger partial charge in [0.1, 0.15) is 0 Å². The molecule has 0 aliphatic carbocycles. The summed E-state index contributed by atoms with van der Waals surface area (Å²) in [5, 5.41) is 8.16. The van der Waals surface area contributed by atoms with Gasteiger partial charge < -0.3 is 5.32 Å². The van der Waals surface area contributed by atoms with Crippen LogP contribution >= 0.6 is 22.7 Å². The van der Waals surface area contributed by atoms with Crippen molar-refractivity contribution in [3.8, 4) is 10.6 Å². The first-order valence-electron chi connectivity index (χ1n) is 8.10. The van der Waals surface area contributed by atoms with Gasteiger partial charge in [-0.1, -0.05) is 12.1 Å². The van der Waals surface area contributed by atoms with Gasteiger partial charge in [0.25, 0.3) is 5.91 Å². The lowest BCUT2D eigenvalue weighted by atomic mass is 10.0. The molecule has 0 saturated carbocycles. The van der Waals surface area contributed by atoms with Crippen molar-refractivity contribution in [1.82, 2.24) is 10.3 Å². The van der Waals surface area contributed by atoms with Crippen LogP contribution in [-0.2, 0) is 11.3 Å². The van der Waals surface area contributed by atoms with Crippen LogP contribution in [0.2, 0.25) is 0 Å². The number of amides is 2. The fraction of sp³-hybridized carbons (Fsp3) is 0.211. The van der Waals surface area contributed by atoms with E-state index in [-0.39, 0.29) is 11.8 Å². The van der Waals surface area contributed by atoms with Crippen LogP contribution in [0.3, 0.4) is 0 Å². The third kappa shape index (κ3) is 4.17. The number of aromatic nitrogens is 1. The van der Waals surface area contributed by atoms with Crippen LogP contribution in [0.15, 0.2) is 35.7 Å². The lowest BCUT2D eigenvalue weighted by molar-refractivity contribution is -0.119. The highest BCUT2D eigenvalue weighted by Crippen LogP contribution is 2.31. The summed E-state index contributed by atoms with van der Waals surface area (Å²) in [5.41, 5.74) is 3.55. The molecule has 2 heterocycles. The molecule has 0 atom stereocenters. The molecule has 0 radical (unpaired) electrons. The minimum Gasteiger partial charge on any atom is -0.351 e. The Balaban J connectivity index is 1.71. The number of carbonyl (C=O) groups excluding carboxylic acids is 2. The van der Waals surface area contributed by atoms with Gasteiger partial charge >= 0.3 is 0 Å². The molecule has 1 aromatic carbocycles. The van der Waals surface area contributed by atoms with Crippen molar-refractivity contribution in [3.63, 3.8) is 0 Å². The Hall–Kier alpha value is -2.51. The zero-order chi connectivity index (χ0) is 18.7. The second-order valence-corrected chi connectivity index (χ2v) is 7.94. The fourth-order valence-electron chi connectivity index (χ4n) is 2.43. The van der Waals surface area contributed by atoms with E-state index in [0.29, 0.717) is 17.2 Å². The Labute approximate surface area is 160 Å². The minimum absolute atomic E-state index is 0.0509. The lowest BCUT2D eigenvalue weighted by Crippen LogP contribution is -2.17. The van der Waals surface area contributed by atoms with Crippen LogP contribution in [0, 0.1) is 13.8 Å². The molecule has 3 aromatic rings. The predicted octanol–water partition coefficient (Wildman–Crippen LogP) is 4.38. The average Bonchev–Trinajstić information content (AvgIpc) is 3.24. The van der Waals surface area contributed by atoms with E-state index >= 15 is 0 Å². The van der Waals surface area contributed by atoms with E-state index in [2.05, 4.69) is 15.6 Å². The summed E-state index contributed by atoms with van der Waals surface area (Å²) < 4.78 is 0. The summed E-state index contributed by atoms with van der Waals surface area (Å²) in [7, 11) is 0. The Bertz CT molecular complexity index is 959. The van der Waals surface area contributed by atoms with Gasteiger partial charge in [0.15, 0.2) is 5.13 Å². The Morgan fingerprint density at radius 3 is 2.73 bits per heavy atom. The topological polar surface area (TPSA) is 71.1 Å². The normalized spacial score (nSPS) is 10.6. The van der Waals surface area contributed by atoms with Crippen molar-refractivity contribution in [2.24, 2.45) is 0 Å². The first-order chi connectivity index (χ1) is 12.4. The second-order valence-electron chi connectivity index (χ2n) is 5.92. The molecule has 0 saturated heterocycles. The van der Waals surface area contributed by atoms with Crippen LogP contribution in [0.4, 0.5) is 5.13 Å². The number of thiophene rings is 1. The third-order valence-electron chi connectivity index (χ3n) is 4.00. The molecule has 2 aromatic heterocycles. The molecule has 7 heteroatoms.